The number of amides is 2. The van der Waals surface area contributed by atoms with Gasteiger partial charge >= 0.3 is 0 Å². The van der Waals surface area contributed by atoms with Crippen LogP contribution in [0.3, 0.4) is 0 Å². The van der Waals surface area contributed by atoms with E-state index in [2.05, 4.69) is 10.3 Å². The van der Waals surface area contributed by atoms with Gasteiger partial charge in [0.15, 0.2) is 0 Å². The first-order valence-electron chi connectivity index (χ1n) is 9.32. The topological polar surface area (TPSA) is 109 Å². The monoisotopic (exact) mass is 438 g/mol. The molecule has 4 N–H and O–H groups in total. The molecule has 3 rings (SSSR count). The van der Waals surface area contributed by atoms with E-state index < -0.39 is 18.2 Å². The van der Waals surface area contributed by atoms with Gasteiger partial charge in [0.25, 0.3) is 0 Å². The minimum Gasteiger partial charge on any atom is -0.391 e. The van der Waals surface area contributed by atoms with E-state index in [4.69, 9.17) is 5.73 Å². The molecule has 1 aliphatic heterocycles. The highest BCUT2D eigenvalue weighted by Crippen LogP contribution is 2.28. The molecule has 2 aromatic rings. The molecule has 2 amide bonds. The molecule has 0 saturated carbocycles. The lowest BCUT2D eigenvalue weighted by Crippen LogP contribution is -2.50. The van der Waals surface area contributed by atoms with E-state index in [-0.39, 0.29) is 43.2 Å². The van der Waals surface area contributed by atoms with Gasteiger partial charge in [0, 0.05) is 13.0 Å². The third-order valence-corrected chi connectivity index (χ3v) is 6.01. The normalized spacial score (nSPS) is 20.7. The second-order valence-electron chi connectivity index (χ2n) is 7.30. The summed E-state index contributed by atoms with van der Waals surface area (Å²) in [4.78, 5) is 31.8. The molecule has 4 atom stereocenters. The zero-order valence-corrected chi connectivity index (χ0v) is 18.3. The van der Waals surface area contributed by atoms with Crippen LogP contribution in [0.4, 0.5) is 0 Å². The minimum absolute atomic E-state index is 0. The number of benzene rings is 1. The number of aryl methyl sites for hydroxylation is 1. The quantitative estimate of drug-likeness (QED) is 0.661. The molecule has 29 heavy (non-hydrogen) atoms. The van der Waals surface area contributed by atoms with Crippen LogP contribution in [0.5, 0.6) is 0 Å². The Morgan fingerprint density at radius 3 is 2.52 bits per heavy atom. The van der Waals surface area contributed by atoms with Gasteiger partial charge in [-0.1, -0.05) is 24.3 Å². The maximum absolute atomic E-state index is 12.7. The van der Waals surface area contributed by atoms with Gasteiger partial charge in [0.2, 0.25) is 11.8 Å². The van der Waals surface area contributed by atoms with Crippen molar-refractivity contribution >= 4 is 35.6 Å². The second-order valence-corrected chi connectivity index (χ2v) is 8.16. The number of carbonyl (C=O) groups excluding carboxylic acids is 2. The van der Waals surface area contributed by atoms with Crippen molar-refractivity contribution in [1.82, 2.24) is 15.2 Å². The summed E-state index contributed by atoms with van der Waals surface area (Å²) in [6.07, 6.45) is -0.490. The molecule has 0 radical (unpaired) electrons. The van der Waals surface area contributed by atoms with E-state index in [1.165, 1.54) is 4.90 Å². The molecule has 1 saturated heterocycles. The van der Waals surface area contributed by atoms with Gasteiger partial charge in [-0.3, -0.25) is 9.59 Å². The molecule has 1 aromatic heterocycles. The molecule has 1 aliphatic rings. The van der Waals surface area contributed by atoms with Crippen LogP contribution in [0.25, 0.3) is 10.4 Å². The van der Waals surface area contributed by atoms with E-state index in [1.54, 1.807) is 18.3 Å². The fourth-order valence-corrected chi connectivity index (χ4v) is 4.27. The van der Waals surface area contributed by atoms with Crippen LogP contribution in [0.15, 0.2) is 29.8 Å². The molecule has 1 fully saturated rings. The number of nitrogens with zero attached hydrogens (tertiary/aromatic N) is 2. The number of aromatic nitrogens is 1. The van der Waals surface area contributed by atoms with Crippen molar-refractivity contribution in [3.63, 3.8) is 0 Å². The number of thiazole rings is 1. The van der Waals surface area contributed by atoms with E-state index in [9.17, 15) is 14.7 Å². The highest BCUT2D eigenvalue weighted by atomic mass is 35.5. The average molecular weight is 439 g/mol. The van der Waals surface area contributed by atoms with Crippen LogP contribution in [-0.4, -0.2) is 51.5 Å². The molecule has 2 heterocycles. The smallest absolute Gasteiger partial charge is 0.243 e. The number of halogens is 1. The molecule has 7 nitrogen and oxygen atoms in total. The van der Waals surface area contributed by atoms with E-state index in [1.807, 2.05) is 43.6 Å². The minimum atomic E-state index is -0.712. The van der Waals surface area contributed by atoms with Crippen LogP contribution >= 0.6 is 23.7 Å². The first kappa shape index (κ1) is 23.3. The average Bonchev–Trinajstić information content (AvgIpc) is 3.26. The molecule has 0 aliphatic carbocycles. The van der Waals surface area contributed by atoms with Gasteiger partial charge < -0.3 is 21.1 Å². The number of likely N-dealkylation sites (tertiary alicyclic amines) is 1. The lowest BCUT2D eigenvalue weighted by Gasteiger charge is -2.26. The summed E-state index contributed by atoms with van der Waals surface area (Å²) >= 11 is 1.60. The third-order valence-electron chi connectivity index (χ3n) is 5.03. The van der Waals surface area contributed by atoms with Crippen molar-refractivity contribution in [3.05, 3.63) is 41.0 Å². The molecule has 2 unspecified atom stereocenters. The summed E-state index contributed by atoms with van der Waals surface area (Å²) in [6, 6.07) is 6.36. The van der Waals surface area contributed by atoms with Crippen molar-refractivity contribution in [2.24, 2.45) is 5.73 Å². The number of nitrogens with two attached hydrogens (primary N) is 1. The Labute approximate surface area is 180 Å². The van der Waals surface area contributed by atoms with E-state index in [0.717, 1.165) is 21.7 Å². The molecule has 9 heteroatoms. The van der Waals surface area contributed by atoms with Crippen LogP contribution in [-0.2, 0) is 9.59 Å². The summed E-state index contributed by atoms with van der Waals surface area (Å²) in [5.74, 6) is -0.603. The van der Waals surface area contributed by atoms with Gasteiger partial charge in [0.1, 0.15) is 6.04 Å². The zero-order chi connectivity index (χ0) is 20.4. The Hall–Kier alpha value is -2.00. The van der Waals surface area contributed by atoms with E-state index in [0.29, 0.717) is 0 Å². The van der Waals surface area contributed by atoms with Crippen molar-refractivity contribution in [3.8, 4) is 10.4 Å². The first-order valence-corrected chi connectivity index (χ1v) is 10.2. The summed E-state index contributed by atoms with van der Waals surface area (Å²) < 4.78 is 0. The van der Waals surface area contributed by atoms with Crippen LogP contribution in [0.2, 0.25) is 0 Å². The highest BCUT2D eigenvalue weighted by molar-refractivity contribution is 7.13. The fraction of sp³-hybridized carbons (Fsp3) is 0.450. The van der Waals surface area contributed by atoms with Gasteiger partial charge in [-0.25, -0.2) is 4.98 Å². The Morgan fingerprint density at radius 2 is 1.97 bits per heavy atom. The number of nitrogens with one attached hydrogen (secondary N) is 1. The Kier molecular flexibility index (Phi) is 7.76. The van der Waals surface area contributed by atoms with E-state index >= 15 is 0 Å². The van der Waals surface area contributed by atoms with Crippen LogP contribution < -0.4 is 11.1 Å². The second kappa shape index (κ2) is 9.67. The molecule has 0 spiro atoms. The first-order chi connectivity index (χ1) is 13.3. The molecule has 158 valence electrons. The predicted octanol–water partition coefficient (Wildman–Crippen LogP) is 2.03. The van der Waals surface area contributed by atoms with Gasteiger partial charge in [0.05, 0.1) is 34.3 Å². The molecular formula is C20H27ClN4O3S. The SMILES string of the molecule is Cc1ncsc1-c1ccc(C(C)NC(=O)[C@@H]2C[C@@H](O)CN2C(=O)C(C)N)cc1.Cl. The standard InChI is InChI=1S/C20H26N4O3S.ClH/c1-11(21)20(27)24-9-16(25)8-17(24)19(26)23-12(2)14-4-6-15(7-5-14)18-13(3)22-10-28-18;/h4-7,10-12,16-17,25H,8-9,21H2,1-3H3,(H,23,26);1H/t11?,12?,16-,17+;/m1./s1. The third kappa shape index (κ3) is 5.14. The van der Waals surface area contributed by atoms with Gasteiger partial charge in [-0.15, -0.1) is 23.7 Å². The van der Waals surface area contributed by atoms with Crippen molar-refractivity contribution < 1.29 is 14.7 Å². The number of β-amino-alcohol motifs (C(OH)–C–C–N with tert-alkyl or cyclic N) is 1. The van der Waals surface area contributed by atoms with Crippen molar-refractivity contribution in [2.75, 3.05) is 6.54 Å². The lowest BCUT2D eigenvalue weighted by atomic mass is 10.0. The number of hydrogen-bond donors (Lipinski definition) is 3. The summed E-state index contributed by atoms with van der Waals surface area (Å²) in [7, 11) is 0. The van der Waals surface area contributed by atoms with Crippen LogP contribution in [0.1, 0.15) is 37.6 Å². The lowest BCUT2D eigenvalue weighted by molar-refractivity contribution is -0.139. The van der Waals surface area contributed by atoms with Crippen molar-refractivity contribution in [1.29, 1.82) is 0 Å². The van der Waals surface area contributed by atoms with Gasteiger partial charge in [-0.2, -0.15) is 0 Å². The summed E-state index contributed by atoms with van der Waals surface area (Å²) in [5.41, 5.74) is 10.6. The number of hydrogen-bond acceptors (Lipinski definition) is 6. The number of aliphatic hydroxyl groups is 1. The number of rotatable bonds is 5. The summed E-state index contributed by atoms with van der Waals surface area (Å²) in [5, 5.41) is 12.9. The Morgan fingerprint density at radius 1 is 1.31 bits per heavy atom. The number of aliphatic hydroxyl groups excluding tert-OH is 1. The Balaban J connectivity index is 0.00000300. The van der Waals surface area contributed by atoms with Crippen LogP contribution in [0, 0.1) is 6.92 Å². The highest BCUT2D eigenvalue weighted by Gasteiger charge is 2.39. The maximum atomic E-state index is 12.7. The van der Waals surface area contributed by atoms with Crippen molar-refractivity contribution in [2.45, 2.75) is 51.4 Å². The zero-order valence-electron chi connectivity index (χ0n) is 16.7. The Bertz CT molecular complexity index is 856. The predicted molar refractivity (Wildman–Crippen MR) is 116 cm³/mol. The molecular weight excluding hydrogens is 412 g/mol. The maximum Gasteiger partial charge on any atom is 0.243 e. The molecule has 1 aromatic carbocycles. The van der Waals surface area contributed by atoms with Gasteiger partial charge in [-0.05, 0) is 31.9 Å². The summed E-state index contributed by atoms with van der Waals surface area (Å²) in [6.45, 7) is 5.59. The fourth-order valence-electron chi connectivity index (χ4n) is 3.46. The largest absolute Gasteiger partial charge is 0.391 e. The number of carbonyl (C=O) groups is 2. The molecule has 0 bridgehead atoms.